The Morgan fingerprint density at radius 3 is 2.48 bits per heavy atom. The van der Waals surface area contributed by atoms with Gasteiger partial charge in [0.25, 0.3) is 5.91 Å². The Kier molecular flexibility index (Phi) is 3.37. The Labute approximate surface area is 135 Å². The van der Waals surface area contributed by atoms with Crippen LogP contribution in [0.5, 0.6) is 0 Å². The third-order valence-corrected chi connectivity index (χ3v) is 5.09. The number of hydrogen-bond acceptors (Lipinski definition) is 3. The van der Waals surface area contributed by atoms with E-state index in [2.05, 4.69) is 10.6 Å². The summed E-state index contributed by atoms with van der Waals surface area (Å²) in [5.74, 6) is -1.50. The molecule has 3 rings (SSSR count). The summed E-state index contributed by atoms with van der Waals surface area (Å²) in [5.41, 5.74) is 1.21. The summed E-state index contributed by atoms with van der Waals surface area (Å²) >= 11 is 0. The number of para-hydroxylation sites is 1. The van der Waals surface area contributed by atoms with E-state index in [4.69, 9.17) is 0 Å². The van der Waals surface area contributed by atoms with Crippen molar-refractivity contribution in [3.8, 4) is 0 Å². The van der Waals surface area contributed by atoms with Crippen LogP contribution < -0.4 is 10.6 Å². The largest absolute Gasteiger partial charge is 0.481 e. The minimum Gasteiger partial charge on any atom is -0.481 e. The molecule has 122 valence electrons. The van der Waals surface area contributed by atoms with E-state index >= 15 is 0 Å². The first-order valence-corrected chi connectivity index (χ1v) is 7.77. The molecule has 1 aromatic rings. The van der Waals surface area contributed by atoms with Crippen molar-refractivity contribution in [2.45, 2.75) is 39.3 Å². The Hall–Kier alpha value is -2.14. The van der Waals surface area contributed by atoms with Crippen LogP contribution in [0, 0.1) is 11.3 Å². The molecule has 0 saturated carbocycles. The van der Waals surface area contributed by atoms with Gasteiger partial charge in [-0.05, 0) is 25.3 Å². The highest BCUT2D eigenvalue weighted by Gasteiger charge is 2.56. The second-order valence-electron chi connectivity index (χ2n) is 7.52. The Bertz CT molecular complexity index is 719. The highest BCUT2D eigenvalue weighted by Crippen LogP contribution is 2.46. The molecule has 0 radical (unpaired) electrons. The lowest BCUT2D eigenvalue weighted by Crippen LogP contribution is -2.43. The number of aliphatic carboxylic acids is 1. The maximum absolute atomic E-state index is 12.3. The first kappa shape index (κ1) is 15.7. The molecule has 5 nitrogen and oxygen atoms in total. The van der Waals surface area contributed by atoms with Crippen LogP contribution in [0.2, 0.25) is 0 Å². The minimum atomic E-state index is -0.815. The van der Waals surface area contributed by atoms with Crippen molar-refractivity contribution in [3.63, 3.8) is 0 Å². The molecule has 1 aromatic carbocycles. The van der Waals surface area contributed by atoms with Gasteiger partial charge >= 0.3 is 5.97 Å². The fourth-order valence-electron chi connectivity index (χ4n) is 4.13. The van der Waals surface area contributed by atoms with E-state index in [1.807, 2.05) is 58.0 Å². The second kappa shape index (κ2) is 4.93. The molecule has 2 aliphatic rings. The first-order chi connectivity index (χ1) is 10.6. The number of benzene rings is 1. The number of nitrogens with one attached hydrogen (secondary N) is 2. The predicted octanol–water partition coefficient (Wildman–Crippen LogP) is 2.50. The molecule has 0 spiro atoms. The Balaban J connectivity index is 2.04. The van der Waals surface area contributed by atoms with Crippen LogP contribution in [-0.2, 0) is 9.59 Å². The molecule has 1 fully saturated rings. The van der Waals surface area contributed by atoms with Crippen LogP contribution in [0.4, 0.5) is 5.69 Å². The fourth-order valence-corrected chi connectivity index (χ4v) is 4.13. The van der Waals surface area contributed by atoms with E-state index in [1.165, 1.54) is 0 Å². The number of rotatable bonds is 2. The third kappa shape index (κ3) is 2.36. The molecule has 3 N–H and O–H groups in total. The maximum Gasteiger partial charge on any atom is 0.308 e. The highest BCUT2D eigenvalue weighted by molar-refractivity contribution is 6.31. The summed E-state index contributed by atoms with van der Waals surface area (Å²) in [6.07, 6.45) is 1.88. The fraction of sp³-hybridized carbons (Fsp3) is 0.444. The van der Waals surface area contributed by atoms with Gasteiger partial charge in [0.1, 0.15) is 0 Å². The molecule has 2 aliphatic heterocycles. The number of fused-ring (bicyclic) bond motifs is 1. The monoisotopic (exact) mass is 314 g/mol. The number of carbonyl (C=O) groups is 2. The van der Waals surface area contributed by atoms with Crippen molar-refractivity contribution in [2.75, 3.05) is 5.32 Å². The zero-order valence-electron chi connectivity index (χ0n) is 13.8. The van der Waals surface area contributed by atoms with Crippen molar-refractivity contribution < 1.29 is 14.7 Å². The average Bonchev–Trinajstić information content (AvgIpc) is 2.81. The number of carbonyl (C=O) groups excluding carboxylic acids is 1. The van der Waals surface area contributed by atoms with Crippen molar-refractivity contribution >= 4 is 23.1 Å². The van der Waals surface area contributed by atoms with E-state index in [1.54, 1.807) is 0 Å². The topological polar surface area (TPSA) is 78.4 Å². The standard InChI is InChI=1S/C18H22N2O3/c1-17(2)13(20-18(3,4)14(17)16(22)23)9-11-10-7-5-6-8-12(10)19-15(11)21/h5-9,13-14,20H,1-4H3,(H,19,21)(H,22,23)/b11-9-. The molecular formula is C18H22N2O3. The van der Waals surface area contributed by atoms with Gasteiger partial charge in [0.05, 0.1) is 5.92 Å². The molecule has 1 saturated heterocycles. The molecule has 1 amide bonds. The minimum absolute atomic E-state index is 0.139. The molecule has 0 bridgehead atoms. The third-order valence-electron chi connectivity index (χ3n) is 5.09. The number of amides is 1. The first-order valence-electron chi connectivity index (χ1n) is 7.77. The zero-order chi connectivity index (χ0) is 17.0. The zero-order valence-corrected chi connectivity index (χ0v) is 13.8. The maximum atomic E-state index is 12.3. The number of carboxylic acid groups (broad SMARTS) is 1. The van der Waals surface area contributed by atoms with Crippen LogP contribution in [0.25, 0.3) is 5.57 Å². The molecule has 0 aromatic heterocycles. The molecule has 2 atom stereocenters. The van der Waals surface area contributed by atoms with Crippen LogP contribution in [0.15, 0.2) is 30.3 Å². The van der Waals surface area contributed by atoms with E-state index in [0.717, 1.165) is 11.3 Å². The molecule has 2 heterocycles. The molecule has 2 unspecified atom stereocenters. The average molecular weight is 314 g/mol. The summed E-state index contributed by atoms with van der Waals surface area (Å²) in [6.45, 7) is 7.67. The lowest BCUT2D eigenvalue weighted by atomic mass is 9.70. The van der Waals surface area contributed by atoms with Crippen molar-refractivity contribution in [1.29, 1.82) is 0 Å². The van der Waals surface area contributed by atoms with Gasteiger partial charge < -0.3 is 15.7 Å². The van der Waals surface area contributed by atoms with Gasteiger partial charge in [0.2, 0.25) is 0 Å². The predicted molar refractivity (Wildman–Crippen MR) is 89.0 cm³/mol. The van der Waals surface area contributed by atoms with E-state index in [0.29, 0.717) is 5.57 Å². The van der Waals surface area contributed by atoms with Gasteiger partial charge in [-0.3, -0.25) is 9.59 Å². The van der Waals surface area contributed by atoms with Crippen molar-refractivity contribution in [3.05, 3.63) is 35.9 Å². The van der Waals surface area contributed by atoms with Gasteiger partial charge in [-0.1, -0.05) is 38.1 Å². The van der Waals surface area contributed by atoms with E-state index in [-0.39, 0.29) is 11.9 Å². The number of carboxylic acids is 1. The van der Waals surface area contributed by atoms with E-state index < -0.39 is 22.8 Å². The van der Waals surface area contributed by atoms with Gasteiger partial charge in [-0.2, -0.15) is 0 Å². The second-order valence-corrected chi connectivity index (χ2v) is 7.52. The summed E-state index contributed by atoms with van der Waals surface area (Å²) < 4.78 is 0. The summed E-state index contributed by atoms with van der Waals surface area (Å²) in [7, 11) is 0. The Morgan fingerprint density at radius 1 is 1.22 bits per heavy atom. The van der Waals surface area contributed by atoms with Crippen LogP contribution in [0.3, 0.4) is 0 Å². The Morgan fingerprint density at radius 2 is 1.87 bits per heavy atom. The quantitative estimate of drug-likeness (QED) is 0.733. The smallest absolute Gasteiger partial charge is 0.308 e. The van der Waals surface area contributed by atoms with Gasteiger partial charge in [-0.15, -0.1) is 0 Å². The summed E-state index contributed by atoms with van der Waals surface area (Å²) in [5, 5.41) is 15.9. The SMILES string of the molecule is CC1(C)NC(/C=C2\C(=O)Nc3ccccc32)C(C)(C)C1C(=O)O. The van der Waals surface area contributed by atoms with Crippen molar-refractivity contribution in [1.82, 2.24) is 5.32 Å². The van der Waals surface area contributed by atoms with Crippen LogP contribution in [-0.4, -0.2) is 28.6 Å². The highest BCUT2D eigenvalue weighted by atomic mass is 16.4. The summed E-state index contributed by atoms with van der Waals surface area (Å²) in [4.78, 5) is 24.0. The van der Waals surface area contributed by atoms with Gasteiger partial charge in [0, 0.05) is 28.4 Å². The van der Waals surface area contributed by atoms with Crippen molar-refractivity contribution in [2.24, 2.45) is 11.3 Å². The normalized spacial score (nSPS) is 29.4. The van der Waals surface area contributed by atoms with Gasteiger partial charge in [0.15, 0.2) is 0 Å². The molecule has 23 heavy (non-hydrogen) atoms. The van der Waals surface area contributed by atoms with Crippen LogP contribution in [0.1, 0.15) is 33.3 Å². The molecular weight excluding hydrogens is 292 g/mol. The van der Waals surface area contributed by atoms with Gasteiger partial charge in [-0.25, -0.2) is 0 Å². The summed E-state index contributed by atoms with van der Waals surface area (Å²) in [6, 6.07) is 7.34. The van der Waals surface area contributed by atoms with E-state index in [9.17, 15) is 14.7 Å². The van der Waals surface area contributed by atoms with Crippen LogP contribution >= 0.6 is 0 Å². The molecule has 5 heteroatoms. The number of hydrogen-bond donors (Lipinski definition) is 3. The lowest BCUT2D eigenvalue weighted by Gasteiger charge is -2.31. The lowest BCUT2D eigenvalue weighted by molar-refractivity contribution is -0.146. The molecule has 0 aliphatic carbocycles. The number of anilines is 1.